The van der Waals surface area contributed by atoms with Gasteiger partial charge in [-0.2, -0.15) is 0 Å². The van der Waals surface area contributed by atoms with Crippen LogP contribution in [0, 0.1) is 0 Å². The lowest BCUT2D eigenvalue weighted by molar-refractivity contribution is 0.125. The molecular formula is C17H28Cl2N2O. The minimum atomic E-state index is 0.0607. The van der Waals surface area contributed by atoms with Gasteiger partial charge in [0.05, 0.1) is 0 Å². The quantitative estimate of drug-likeness (QED) is 0.558. The smallest absolute Gasteiger partial charge is 0.0466 e. The molecule has 5 heteroatoms. The van der Waals surface area contributed by atoms with E-state index in [0.29, 0.717) is 16.5 Å². The maximum Gasteiger partial charge on any atom is 0.0466 e. The van der Waals surface area contributed by atoms with Crippen molar-refractivity contribution in [3.63, 3.8) is 0 Å². The maximum atomic E-state index is 6.16. The molecule has 0 radical (unpaired) electrons. The fourth-order valence-electron chi connectivity index (χ4n) is 2.34. The molecule has 0 heterocycles. The van der Waals surface area contributed by atoms with Crippen LogP contribution >= 0.6 is 23.2 Å². The second-order valence-corrected chi connectivity index (χ2v) is 6.44. The molecule has 0 bridgehead atoms. The van der Waals surface area contributed by atoms with E-state index in [4.69, 9.17) is 39.4 Å². The first-order valence-corrected chi connectivity index (χ1v) is 8.87. The van der Waals surface area contributed by atoms with Crippen molar-refractivity contribution in [1.82, 2.24) is 0 Å². The van der Waals surface area contributed by atoms with Crippen LogP contribution in [0.2, 0.25) is 10.0 Å². The van der Waals surface area contributed by atoms with Gasteiger partial charge in [-0.3, -0.25) is 0 Å². The monoisotopic (exact) mass is 346 g/mol. The normalized spacial score (nSPS) is 12.5. The van der Waals surface area contributed by atoms with Gasteiger partial charge in [0.15, 0.2) is 0 Å². The molecule has 0 fully saturated rings. The van der Waals surface area contributed by atoms with Crippen LogP contribution in [0.25, 0.3) is 0 Å². The van der Waals surface area contributed by atoms with E-state index < -0.39 is 0 Å². The highest BCUT2D eigenvalue weighted by Gasteiger charge is 2.10. The number of rotatable bonds is 12. The topological polar surface area (TPSA) is 61.3 Å². The number of halogens is 2. The highest BCUT2D eigenvalue weighted by atomic mass is 35.5. The van der Waals surface area contributed by atoms with Gasteiger partial charge in [0.1, 0.15) is 0 Å². The number of unbranched alkanes of at least 4 members (excludes halogenated alkanes) is 3. The van der Waals surface area contributed by atoms with E-state index in [1.54, 1.807) is 0 Å². The van der Waals surface area contributed by atoms with Gasteiger partial charge in [0.25, 0.3) is 0 Å². The first-order valence-electron chi connectivity index (χ1n) is 8.11. The minimum Gasteiger partial charge on any atom is -0.381 e. The van der Waals surface area contributed by atoms with Crippen molar-refractivity contribution >= 4 is 23.2 Å². The Hall–Kier alpha value is -0.320. The molecule has 1 atom stereocenters. The first-order chi connectivity index (χ1) is 10.6. The number of hydrogen-bond acceptors (Lipinski definition) is 3. The Bertz CT molecular complexity index is 395. The van der Waals surface area contributed by atoms with Gasteiger partial charge in [0, 0.05) is 29.3 Å². The lowest BCUT2D eigenvalue weighted by atomic mass is 10.0. The Labute approximate surface area is 144 Å². The Kier molecular flexibility index (Phi) is 10.9. The van der Waals surface area contributed by atoms with E-state index in [1.807, 2.05) is 18.2 Å². The summed E-state index contributed by atoms with van der Waals surface area (Å²) in [5.74, 6) is 0. The summed E-state index contributed by atoms with van der Waals surface area (Å²) in [4.78, 5) is 0. The Morgan fingerprint density at radius 2 is 1.59 bits per heavy atom. The molecule has 126 valence electrons. The van der Waals surface area contributed by atoms with Crippen molar-refractivity contribution in [2.45, 2.75) is 51.0 Å². The predicted molar refractivity (Wildman–Crippen MR) is 95.7 cm³/mol. The molecule has 0 aliphatic rings. The third kappa shape index (κ3) is 8.35. The standard InChI is InChI=1S/C17H28Cl2N2O/c18-16-8-5-9-17(19)15(16)13-14(21)7-6-12-22-11-4-2-1-3-10-20/h5,8-9,14H,1-4,6-7,10-13,20-21H2. The highest BCUT2D eigenvalue weighted by molar-refractivity contribution is 6.35. The van der Waals surface area contributed by atoms with Crippen LogP contribution in [0.4, 0.5) is 0 Å². The molecule has 3 nitrogen and oxygen atoms in total. The van der Waals surface area contributed by atoms with Crippen molar-refractivity contribution in [2.75, 3.05) is 19.8 Å². The zero-order chi connectivity index (χ0) is 16.2. The molecule has 0 spiro atoms. The average molecular weight is 347 g/mol. The molecule has 1 aromatic carbocycles. The van der Waals surface area contributed by atoms with Crippen LogP contribution in [-0.2, 0) is 11.2 Å². The zero-order valence-electron chi connectivity index (χ0n) is 13.2. The van der Waals surface area contributed by atoms with Gasteiger partial charge in [-0.05, 0) is 56.3 Å². The number of benzene rings is 1. The molecular weight excluding hydrogens is 319 g/mol. The van der Waals surface area contributed by atoms with Crippen LogP contribution < -0.4 is 11.5 Å². The summed E-state index contributed by atoms with van der Waals surface area (Å²) >= 11 is 12.3. The van der Waals surface area contributed by atoms with Gasteiger partial charge in [-0.1, -0.05) is 42.1 Å². The third-order valence-corrected chi connectivity index (χ3v) is 4.34. The fraction of sp³-hybridized carbons (Fsp3) is 0.647. The lowest BCUT2D eigenvalue weighted by Gasteiger charge is -2.14. The summed E-state index contributed by atoms with van der Waals surface area (Å²) in [5.41, 5.74) is 12.5. The molecule has 4 N–H and O–H groups in total. The third-order valence-electron chi connectivity index (χ3n) is 3.63. The number of nitrogens with two attached hydrogens (primary N) is 2. The van der Waals surface area contributed by atoms with Crippen LogP contribution in [0.5, 0.6) is 0 Å². The molecule has 0 amide bonds. The molecule has 0 saturated heterocycles. The maximum absolute atomic E-state index is 6.16. The Balaban J connectivity index is 2.08. The second-order valence-electron chi connectivity index (χ2n) is 5.62. The number of hydrogen-bond donors (Lipinski definition) is 2. The van der Waals surface area contributed by atoms with Gasteiger partial charge in [-0.25, -0.2) is 0 Å². The van der Waals surface area contributed by atoms with E-state index in [2.05, 4.69) is 0 Å². The Morgan fingerprint density at radius 1 is 0.955 bits per heavy atom. The summed E-state index contributed by atoms with van der Waals surface area (Å²) in [6.07, 6.45) is 7.20. The van der Waals surface area contributed by atoms with E-state index in [0.717, 1.165) is 51.0 Å². The zero-order valence-corrected chi connectivity index (χ0v) is 14.7. The molecule has 22 heavy (non-hydrogen) atoms. The van der Waals surface area contributed by atoms with Gasteiger partial charge < -0.3 is 16.2 Å². The number of ether oxygens (including phenoxy) is 1. The molecule has 0 aliphatic heterocycles. The van der Waals surface area contributed by atoms with Gasteiger partial charge in [-0.15, -0.1) is 0 Å². The van der Waals surface area contributed by atoms with Crippen molar-refractivity contribution in [2.24, 2.45) is 11.5 Å². The molecule has 1 unspecified atom stereocenters. The van der Waals surface area contributed by atoms with E-state index in [9.17, 15) is 0 Å². The summed E-state index contributed by atoms with van der Waals surface area (Å²) in [6, 6.07) is 5.61. The van der Waals surface area contributed by atoms with Crippen LogP contribution in [0.1, 0.15) is 44.1 Å². The van der Waals surface area contributed by atoms with Gasteiger partial charge >= 0.3 is 0 Å². The second kappa shape index (κ2) is 12.1. The van der Waals surface area contributed by atoms with E-state index in [-0.39, 0.29) is 6.04 Å². The first kappa shape index (κ1) is 19.7. The van der Waals surface area contributed by atoms with Crippen molar-refractivity contribution < 1.29 is 4.74 Å². The summed E-state index contributed by atoms with van der Waals surface area (Å²) < 4.78 is 5.62. The Morgan fingerprint density at radius 3 is 2.27 bits per heavy atom. The fourth-order valence-corrected chi connectivity index (χ4v) is 2.90. The molecule has 1 aromatic rings. The summed E-state index contributed by atoms with van der Waals surface area (Å²) in [7, 11) is 0. The van der Waals surface area contributed by atoms with Crippen LogP contribution in [0.3, 0.4) is 0 Å². The predicted octanol–water partition coefficient (Wildman–Crippen LogP) is 4.18. The van der Waals surface area contributed by atoms with Crippen LogP contribution in [0.15, 0.2) is 18.2 Å². The highest BCUT2D eigenvalue weighted by Crippen LogP contribution is 2.25. The molecule has 0 aromatic heterocycles. The SMILES string of the molecule is NCCCCCCOCCCC(N)Cc1c(Cl)cccc1Cl. The summed E-state index contributed by atoms with van der Waals surface area (Å²) in [5, 5.41) is 1.38. The molecule has 0 saturated carbocycles. The van der Waals surface area contributed by atoms with Gasteiger partial charge in [0.2, 0.25) is 0 Å². The van der Waals surface area contributed by atoms with E-state index >= 15 is 0 Å². The largest absolute Gasteiger partial charge is 0.381 e. The van der Waals surface area contributed by atoms with E-state index in [1.165, 1.54) is 12.8 Å². The van der Waals surface area contributed by atoms with Crippen LogP contribution in [-0.4, -0.2) is 25.8 Å². The summed E-state index contributed by atoms with van der Waals surface area (Å²) in [6.45, 7) is 2.38. The molecule has 1 rings (SSSR count). The van der Waals surface area contributed by atoms with Crippen molar-refractivity contribution in [3.05, 3.63) is 33.8 Å². The minimum absolute atomic E-state index is 0.0607. The lowest BCUT2D eigenvalue weighted by Crippen LogP contribution is -2.23. The molecule has 0 aliphatic carbocycles. The van der Waals surface area contributed by atoms with Crippen molar-refractivity contribution in [1.29, 1.82) is 0 Å². The average Bonchev–Trinajstić information content (AvgIpc) is 2.49. The van der Waals surface area contributed by atoms with Crippen molar-refractivity contribution in [3.8, 4) is 0 Å².